The van der Waals surface area contributed by atoms with Gasteiger partial charge in [0.05, 0.1) is 28.9 Å². The maximum atomic E-state index is 14.2. The summed E-state index contributed by atoms with van der Waals surface area (Å²) in [5.41, 5.74) is -0.289. The summed E-state index contributed by atoms with van der Waals surface area (Å²) in [6.07, 6.45) is 3.63. The van der Waals surface area contributed by atoms with Crippen molar-refractivity contribution in [1.82, 2.24) is 13.9 Å². The lowest BCUT2D eigenvalue weighted by atomic mass is 9.62. The summed E-state index contributed by atoms with van der Waals surface area (Å²) in [6, 6.07) is 8.42. The summed E-state index contributed by atoms with van der Waals surface area (Å²) < 4.78 is 74.7. The van der Waals surface area contributed by atoms with Crippen LogP contribution in [0.4, 0.5) is 22.0 Å². The lowest BCUT2D eigenvalue weighted by Crippen LogP contribution is -2.45. The van der Waals surface area contributed by atoms with E-state index in [0.29, 0.717) is 12.1 Å². The number of benzene rings is 1. The standard InChI is InChI=1S/C29H31F5N6O/c1-19-14-38(10-9-28(19,30)31)15-20-11-23(29(32,33)34)24-17-39(26(41)40(24)16-20)22-6-3-5-21(12-22)27(7-4-8-27)13-25-36-35-18-37(25)2/h3,5-6,11-12,16-19H,4,7-10,13-15H2,1-2H3/q+1/t19-/m0/s1. The van der Waals surface area contributed by atoms with Crippen molar-refractivity contribution >= 4 is 11.9 Å². The molecule has 7 nitrogen and oxygen atoms in total. The summed E-state index contributed by atoms with van der Waals surface area (Å²) in [5.74, 6) is -3.71. The Balaban J connectivity index is 1.36. The smallest absolute Gasteiger partial charge is 0.298 e. The van der Waals surface area contributed by atoms with Crippen molar-refractivity contribution in [2.75, 3.05) is 20.1 Å². The predicted octanol–water partition coefficient (Wildman–Crippen LogP) is 6.02. The maximum Gasteiger partial charge on any atom is 0.418 e. The number of imidazole rings is 1. The van der Waals surface area contributed by atoms with Gasteiger partial charge in [0.2, 0.25) is 0 Å². The Morgan fingerprint density at radius 1 is 1.12 bits per heavy atom. The highest BCUT2D eigenvalue weighted by Crippen LogP contribution is 2.49. The minimum Gasteiger partial charge on any atom is -0.298 e. The van der Waals surface area contributed by atoms with E-state index < -0.39 is 29.3 Å². The van der Waals surface area contributed by atoms with Gasteiger partial charge in [-0.25, -0.2) is 18.2 Å². The largest absolute Gasteiger partial charge is 0.418 e. The Morgan fingerprint density at radius 2 is 1.90 bits per heavy atom. The van der Waals surface area contributed by atoms with E-state index in [1.165, 1.54) is 23.9 Å². The van der Waals surface area contributed by atoms with Crippen LogP contribution in [0.15, 0.2) is 57.7 Å². The highest BCUT2D eigenvalue weighted by Gasteiger charge is 2.45. The van der Waals surface area contributed by atoms with Crippen molar-refractivity contribution in [1.29, 1.82) is 0 Å². The van der Waals surface area contributed by atoms with Crippen molar-refractivity contribution in [2.45, 2.75) is 63.1 Å². The first kappa shape index (κ1) is 27.7. The second-order valence-corrected chi connectivity index (χ2v) is 11.7. The Bertz CT molecular complexity index is 1600. The van der Waals surface area contributed by atoms with E-state index in [1.807, 2.05) is 29.8 Å². The molecule has 0 bridgehead atoms. The second-order valence-electron chi connectivity index (χ2n) is 11.7. The molecule has 0 amide bonds. The van der Waals surface area contributed by atoms with E-state index in [9.17, 15) is 26.7 Å². The predicted molar refractivity (Wildman–Crippen MR) is 142 cm³/mol. The summed E-state index contributed by atoms with van der Waals surface area (Å²) in [6.45, 7) is 1.61. The number of alkyl halides is 5. The minimum absolute atomic E-state index is 0.0388. The van der Waals surface area contributed by atoms with Crippen LogP contribution in [0, 0.1) is 12.1 Å². The fourth-order valence-electron chi connectivity index (χ4n) is 6.24. The van der Waals surface area contributed by atoms with Crippen LogP contribution in [-0.4, -0.2) is 50.8 Å². The molecule has 1 saturated heterocycles. The SMILES string of the molecule is C[C@H]1CN(Cc2cc(C(F)(F)F)c3cn(-c4cccc(C5(C[C]6N=NC=[N+]6C)CCC5)c4)c(=O)n3c2)CCC1(F)F. The van der Waals surface area contributed by atoms with Gasteiger partial charge < -0.3 is 0 Å². The lowest BCUT2D eigenvalue weighted by Gasteiger charge is -2.42. The molecule has 1 radical (unpaired) electrons. The van der Waals surface area contributed by atoms with E-state index in [4.69, 9.17) is 0 Å². The Labute approximate surface area is 233 Å². The Morgan fingerprint density at radius 3 is 2.54 bits per heavy atom. The van der Waals surface area contributed by atoms with Crippen LogP contribution in [-0.2, 0) is 18.1 Å². The number of nitrogens with zero attached hydrogens (tertiary/aromatic N) is 6. The van der Waals surface area contributed by atoms with Gasteiger partial charge >= 0.3 is 24.4 Å². The maximum absolute atomic E-state index is 14.2. The zero-order valence-corrected chi connectivity index (χ0v) is 22.8. The van der Waals surface area contributed by atoms with Crippen LogP contribution in [0.1, 0.15) is 55.7 Å². The molecule has 3 aromatic rings. The van der Waals surface area contributed by atoms with Gasteiger partial charge in [-0.3, -0.25) is 13.9 Å². The molecule has 41 heavy (non-hydrogen) atoms. The van der Waals surface area contributed by atoms with Crippen molar-refractivity contribution in [3.8, 4) is 5.69 Å². The highest BCUT2D eigenvalue weighted by atomic mass is 19.4. The third-order valence-corrected chi connectivity index (χ3v) is 8.90. The number of halogens is 5. The van der Waals surface area contributed by atoms with Crippen molar-refractivity contribution in [2.24, 2.45) is 16.1 Å². The van der Waals surface area contributed by atoms with Gasteiger partial charge in [-0.15, -0.1) is 0 Å². The monoisotopic (exact) mass is 574 g/mol. The zero-order chi connectivity index (χ0) is 29.2. The van der Waals surface area contributed by atoms with Gasteiger partial charge in [-0.1, -0.05) is 25.5 Å². The Kier molecular flexibility index (Phi) is 6.67. The molecule has 0 spiro atoms. The van der Waals surface area contributed by atoms with Gasteiger partial charge in [-0.05, 0) is 47.3 Å². The molecule has 217 valence electrons. The van der Waals surface area contributed by atoms with Crippen molar-refractivity contribution < 1.29 is 26.5 Å². The lowest BCUT2D eigenvalue weighted by molar-refractivity contribution is -0.477. The van der Waals surface area contributed by atoms with E-state index in [2.05, 4.69) is 10.2 Å². The van der Waals surface area contributed by atoms with Crippen LogP contribution in [0.2, 0.25) is 0 Å². The quantitative estimate of drug-likeness (QED) is 0.267. The van der Waals surface area contributed by atoms with E-state index >= 15 is 0 Å². The highest BCUT2D eigenvalue weighted by molar-refractivity contribution is 5.58. The molecular weight excluding hydrogens is 543 g/mol. The second kappa shape index (κ2) is 9.85. The molecule has 1 atom stereocenters. The molecule has 2 aliphatic heterocycles. The molecule has 0 N–H and O–H groups in total. The van der Waals surface area contributed by atoms with Crippen LogP contribution in [0.5, 0.6) is 0 Å². The average molecular weight is 575 g/mol. The van der Waals surface area contributed by atoms with Gasteiger partial charge in [0.15, 0.2) is 0 Å². The normalized spacial score (nSPS) is 22.7. The number of likely N-dealkylation sites (tertiary alicyclic amines) is 1. The molecule has 1 saturated carbocycles. The fourth-order valence-corrected chi connectivity index (χ4v) is 6.24. The average Bonchev–Trinajstić information content (AvgIpc) is 3.45. The van der Waals surface area contributed by atoms with E-state index in [-0.39, 0.29) is 42.6 Å². The molecular formula is C29H31F5N6O+. The molecule has 6 rings (SSSR count). The van der Waals surface area contributed by atoms with Gasteiger partial charge in [0, 0.05) is 56.2 Å². The fraction of sp³-hybridized carbons (Fsp3) is 0.483. The molecule has 4 heterocycles. The molecule has 1 aromatic carbocycles. The number of rotatable bonds is 6. The number of pyridine rings is 1. The van der Waals surface area contributed by atoms with Crippen LogP contribution in [0.3, 0.4) is 0 Å². The van der Waals surface area contributed by atoms with Gasteiger partial charge in [0.25, 0.3) is 5.92 Å². The van der Waals surface area contributed by atoms with Gasteiger partial charge in [-0.2, -0.15) is 13.2 Å². The molecule has 3 aliphatic rings. The summed E-state index contributed by atoms with van der Waals surface area (Å²) in [5, 5.41) is 8.21. The van der Waals surface area contributed by atoms with Crippen LogP contribution < -0.4 is 5.69 Å². The molecule has 1 aliphatic carbocycles. The van der Waals surface area contributed by atoms with Crippen LogP contribution in [0.25, 0.3) is 11.2 Å². The van der Waals surface area contributed by atoms with Crippen LogP contribution >= 0.6 is 0 Å². The number of hydrogen-bond donors (Lipinski definition) is 0. The molecule has 2 aromatic heterocycles. The van der Waals surface area contributed by atoms with E-state index in [0.717, 1.165) is 41.5 Å². The first-order chi connectivity index (χ1) is 19.4. The number of azo groups is 1. The number of fused-ring (bicyclic) bond motifs is 1. The van der Waals surface area contributed by atoms with Crippen molar-refractivity contribution in [3.63, 3.8) is 0 Å². The molecule has 2 fully saturated rings. The summed E-state index contributed by atoms with van der Waals surface area (Å²) >= 11 is 0. The molecule has 12 heteroatoms. The van der Waals surface area contributed by atoms with Crippen molar-refractivity contribution in [3.05, 3.63) is 76.1 Å². The Hall–Kier alpha value is -3.41. The number of hydrogen-bond acceptors (Lipinski definition) is 4. The topological polar surface area (TPSA) is 57.4 Å². The number of piperidine rings is 1. The first-order valence-corrected chi connectivity index (χ1v) is 13.7. The minimum atomic E-state index is -4.71. The van der Waals surface area contributed by atoms with E-state index in [1.54, 1.807) is 17.3 Å². The van der Waals surface area contributed by atoms with Gasteiger partial charge in [0.1, 0.15) is 0 Å². The zero-order valence-electron chi connectivity index (χ0n) is 22.8. The summed E-state index contributed by atoms with van der Waals surface area (Å²) in [7, 11) is 1.89. The molecule has 0 unspecified atom stereocenters. The number of aromatic nitrogens is 2. The third kappa shape index (κ3) is 5.00. The first-order valence-electron chi connectivity index (χ1n) is 13.7. The summed E-state index contributed by atoms with van der Waals surface area (Å²) in [4.78, 5) is 15.3. The third-order valence-electron chi connectivity index (χ3n) is 8.90.